The number of aromatic nitrogens is 1. The summed E-state index contributed by atoms with van der Waals surface area (Å²) in [7, 11) is 0. The average Bonchev–Trinajstić information content (AvgIpc) is 3.26. The van der Waals surface area contributed by atoms with Gasteiger partial charge in [0.15, 0.2) is 0 Å². The Hall–Kier alpha value is -0.990. The van der Waals surface area contributed by atoms with Gasteiger partial charge in [-0.1, -0.05) is 11.8 Å². The molecule has 0 aliphatic heterocycles. The third kappa shape index (κ3) is 2.48. The summed E-state index contributed by atoms with van der Waals surface area (Å²) in [6.45, 7) is 0. The molecular weight excluding hydrogens is 234 g/mol. The van der Waals surface area contributed by atoms with Crippen molar-refractivity contribution in [2.45, 2.75) is 42.5 Å². The normalized spacial score (nSPS) is 23.0. The predicted molar refractivity (Wildman–Crippen MR) is 64.5 cm³/mol. The number of nitriles is 1. The van der Waals surface area contributed by atoms with E-state index in [1.165, 1.54) is 37.4 Å². The van der Waals surface area contributed by atoms with Gasteiger partial charge in [-0.2, -0.15) is 5.26 Å². The maximum atomic E-state index is 9.52. The van der Waals surface area contributed by atoms with Crippen LogP contribution in [-0.4, -0.2) is 22.3 Å². The molecule has 0 radical (unpaired) electrons. The number of thioether (sulfide) groups is 1. The van der Waals surface area contributed by atoms with Gasteiger partial charge in [-0.15, -0.1) is 0 Å². The van der Waals surface area contributed by atoms with Gasteiger partial charge in [0.1, 0.15) is 11.8 Å². The molecule has 0 saturated heterocycles. The van der Waals surface area contributed by atoms with Crippen LogP contribution in [0.2, 0.25) is 0 Å². The molecular formula is C12H15N3OS. The summed E-state index contributed by atoms with van der Waals surface area (Å²) in [4.78, 5) is 4.09. The first-order valence-electron chi connectivity index (χ1n) is 6.04. The molecule has 1 aromatic heterocycles. The second-order valence-electron chi connectivity index (χ2n) is 4.86. The molecule has 5 heteroatoms. The van der Waals surface area contributed by atoms with Crippen LogP contribution in [0.25, 0.3) is 0 Å². The molecule has 0 aromatic carbocycles. The Morgan fingerprint density at radius 1 is 1.53 bits per heavy atom. The first-order valence-corrected chi connectivity index (χ1v) is 7.02. The highest BCUT2D eigenvalue weighted by Crippen LogP contribution is 2.43. The smallest absolute Gasteiger partial charge is 0.255 e. The molecule has 2 saturated carbocycles. The fraction of sp³-hybridized carbons (Fsp3) is 0.667. The molecule has 0 bridgehead atoms. The largest absolute Gasteiger partial charge is 0.440 e. The van der Waals surface area contributed by atoms with Crippen LogP contribution in [0.4, 0.5) is 0 Å². The van der Waals surface area contributed by atoms with Gasteiger partial charge in [0.25, 0.3) is 5.22 Å². The van der Waals surface area contributed by atoms with E-state index in [1.807, 2.05) is 0 Å². The summed E-state index contributed by atoms with van der Waals surface area (Å²) >= 11 is 1.53. The Morgan fingerprint density at radius 3 is 2.88 bits per heavy atom. The second kappa shape index (κ2) is 4.35. The van der Waals surface area contributed by atoms with E-state index in [0.717, 1.165) is 5.75 Å². The van der Waals surface area contributed by atoms with E-state index in [2.05, 4.69) is 16.4 Å². The van der Waals surface area contributed by atoms with Crippen molar-refractivity contribution in [3.8, 4) is 6.07 Å². The van der Waals surface area contributed by atoms with Crippen LogP contribution < -0.4 is 5.32 Å². The summed E-state index contributed by atoms with van der Waals surface area (Å²) in [5.41, 5.74) is -0.375. The number of hydrogen-bond donors (Lipinski definition) is 1. The standard InChI is InChI=1S/C12H15N3OS/c13-7-12(9-1-2-9,15-10-3-4-10)8-17-11-14-5-6-16-11/h5-6,9-10,15H,1-4,8H2. The Balaban J connectivity index is 1.67. The van der Waals surface area contributed by atoms with Crippen LogP contribution in [0.15, 0.2) is 22.1 Å². The van der Waals surface area contributed by atoms with Crippen LogP contribution in [0, 0.1) is 17.2 Å². The van der Waals surface area contributed by atoms with Gasteiger partial charge in [-0.25, -0.2) is 4.98 Å². The zero-order valence-corrected chi connectivity index (χ0v) is 10.4. The molecule has 4 nitrogen and oxygen atoms in total. The lowest BCUT2D eigenvalue weighted by molar-refractivity contribution is 0.398. The number of nitrogens with zero attached hydrogens (tertiary/aromatic N) is 2. The van der Waals surface area contributed by atoms with E-state index >= 15 is 0 Å². The van der Waals surface area contributed by atoms with Crippen molar-refractivity contribution in [3.05, 3.63) is 12.5 Å². The molecule has 1 heterocycles. The quantitative estimate of drug-likeness (QED) is 0.783. The molecule has 90 valence electrons. The van der Waals surface area contributed by atoms with Crippen molar-refractivity contribution in [2.75, 3.05) is 5.75 Å². The minimum Gasteiger partial charge on any atom is -0.440 e. The fourth-order valence-electron chi connectivity index (χ4n) is 2.06. The summed E-state index contributed by atoms with van der Waals surface area (Å²) in [6.07, 6.45) is 7.96. The number of nitrogens with one attached hydrogen (secondary N) is 1. The van der Waals surface area contributed by atoms with Gasteiger partial charge in [-0.05, 0) is 31.6 Å². The number of hydrogen-bond acceptors (Lipinski definition) is 5. The van der Waals surface area contributed by atoms with E-state index in [4.69, 9.17) is 4.42 Å². The highest BCUT2D eigenvalue weighted by molar-refractivity contribution is 7.99. The van der Waals surface area contributed by atoms with Crippen LogP contribution in [0.1, 0.15) is 25.7 Å². The zero-order valence-electron chi connectivity index (χ0n) is 9.56. The molecule has 2 aliphatic rings. The van der Waals surface area contributed by atoms with Gasteiger partial charge in [-0.3, -0.25) is 5.32 Å². The Morgan fingerprint density at radius 2 is 2.35 bits per heavy atom. The van der Waals surface area contributed by atoms with E-state index in [-0.39, 0.29) is 5.54 Å². The van der Waals surface area contributed by atoms with E-state index in [1.54, 1.807) is 12.5 Å². The monoisotopic (exact) mass is 249 g/mol. The molecule has 2 fully saturated rings. The van der Waals surface area contributed by atoms with Gasteiger partial charge >= 0.3 is 0 Å². The molecule has 1 N–H and O–H groups in total. The van der Waals surface area contributed by atoms with Crippen molar-refractivity contribution in [1.82, 2.24) is 10.3 Å². The highest BCUT2D eigenvalue weighted by atomic mass is 32.2. The van der Waals surface area contributed by atoms with Crippen LogP contribution >= 0.6 is 11.8 Å². The van der Waals surface area contributed by atoms with E-state index in [9.17, 15) is 5.26 Å². The van der Waals surface area contributed by atoms with Crippen molar-refractivity contribution in [1.29, 1.82) is 5.26 Å². The third-order valence-corrected chi connectivity index (χ3v) is 4.39. The Bertz CT molecular complexity index is 419. The summed E-state index contributed by atoms with van der Waals surface area (Å²) < 4.78 is 5.21. The summed E-state index contributed by atoms with van der Waals surface area (Å²) in [5.74, 6) is 1.24. The SMILES string of the molecule is N#CC(CSc1ncco1)(NC1CC1)C1CC1. The van der Waals surface area contributed by atoms with Crippen LogP contribution in [0.5, 0.6) is 0 Å². The lowest BCUT2D eigenvalue weighted by Gasteiger charge is -2.27. The topological polar surface area (TPSA) is 61.9 Å². The molecule has 2 aliphatic carbocycles. The first kappa shape index (κ1) is 11.1. The number of oxazole rings is 1. The maximum absolute atomic E-state index is 9.52. The van der Waals surface area contributed by atoms with Gasteiger partial charge in [0, 0.05) is 11.8 Å². The first-order chi connectivity index (χ1) is 8.32. The molecule has 1 atom stereocenters. The van der Waals surface area contributed by atoms with Gasteiger partial charge in [0.05, 0.1) is 12.3 Å². The highest BCUT2D eigenvalue weighted by Gasteiger charge is 2.48. The van der Waals surface area contributed by atoms with E-state index < -0.39 is 0 Å². The van der Waals surface area contributed by atoms with Crippen molar-refractivity contribution >= 4 is 11.8 Å². The molecule has 1 unspecified atom stereocenters. The fourth-order valence-corrected chi connectivity index (χ4v) is 3.05. The molecule has 1 aromatic rings. The third-order valence-electron chi connectivity index (χ3n) is 3.35. The zero-order chi connectivity index (χ0) is 11.7. The molecule has 3 rings (SSSR count). The van der Waals surface area contributed by atoms with Crippen LogP contribution in [-0.2, 0) is 0 Å². The maximum Gasteiger partial charge on any atom is 0.255 e. The molecule has 0 amide bonds. The van der Waals surface area contributed by atoms with Gasteiger partial charge < -0.3 is 4.42 Å². The Kier molecular flexibility index (Phi) is 2.85. The van der Waals surface area contributed by atoms with Crippen molar-refractivity contribution < 1.29 is 4.42 Å². The van der Waals surface area contributed by atoms with Crippen LogP contribution in [0.3, 0.4) is 0 Å². The summed E-state index contributed by atoms with van der Waals surface area (Å²) in [6, 6.07) is 3.07. The van der Waals surface area contributed by atoms with Crippen molar-refractivity contribution in [2.24, 2.45) is 5.92 Å². The second-order valence-corrected chi connectivity index (χ2v) is 5.79. The molecule has 17 heavy (non-hydrogen) atoms. The average molecular weight is 249 g/mol. The minimum atomic E-state index is -0.375. The lowest BCUT2D eigenvalue weighted by atomic mass is 9.97. The van der Waals surface area contributed by atoms with Crippen molar-refractivity contribution in [3.63, 3.8) is 0 Å². The summed E-state index contributed by atoms with van der Waals surface area (Å²) in [5, 5.41) is 13.7. The minimum absolute atomic E-state index is 0.375. The Labute approximate surface area is 105 Å². The van der Waals surface area contributed by atoms with Gasteiger partial charge in [0.2, 0.25) is 0 Å². The molecule has 0 spiro atoms. The lowest BCUT2D eigenvalue weighted by Crippen LogP contribution is -2.49. The number of rotatable bonds is 6. The van der Waals surface area contributed by atoms with E-state index in [0.29, 0.717) is 17.2 Å². The predicted octanol–water partition coefficient (Wildman–Crippen LogP) is 2.19.